The molecule has 0 aliphatic heterocycles. The molecule has 0 aliphatic rings. The number of ether oxygens (including phenoxy) is 1. The third-order valence-electron chi connectivity index (χ3n) is 2.72. The van der Waals surface area contributed by atoms with Crippen LogP contribution in [-0.2, 0) is 0 Å². The van der Waals surface area contributed by atoms with Crippen molar-refractivity contribution in [2.75, 3.05) is 18.5 Å². The third kappa shape index (κ3) is 4.68. The highest BCUT2D eigenvalue weighted by Gasteiger charge is 2.11. The minimum atomic E-state index is -0.900. The van der Waals surface area contributed by atoms with Crippen molar-refractivity contribution in [3.05, 3.63) is 58.6 Å². The summed E-state index contributed by atoms with van der Waals surface area (Å²) < 4.78 is 33.0. The highest BCUT2D eigenvalue weighted by Crippen LogP contribution is 2.19. The van der Waals surface area contributed by atoms with E-state index in [9.17, 15) is 13.9 Å². The van der Waals surface area contributed by atoms with Crippen molar-refractivity contribution in [2.24, 2.45) is 0 Å². The van der Waals surface area contributed by atoms with E-state index < -0.39 is 17.7 Å². The summed E-state index contributed by atoms with van der Waals surface area (Å²) in [6.45, 7) is -0.00855. The highest BCUT2D eigenvalue weighted by atomic mass is 79.9. The van der Waals surface area contributed by atoms with Gasteiger partial charge in [0, 0.05) is 11.0 Å². The van der Waals surface area contributed by atoms with Gasteiger partial charge in [-0.2, -0.15) is 0 Å². The molecular formula is C15H14BrF2NO2. The molecule has 0 bridgehead atoms. The topological polar surface area (TPSA) is 41.5 Å². The van der Waals surface area contributed by atoms with Crippen LogP contribution in [0.25, 0.3) is 0 Å². The average Bonchev–Trinajstić information content (AvgIpc) is 2.45. The van der Waals surface area contributed by atoms with Gasteiger partial charge in [-0.25, -0.2) is 8.78 Å². The SMILES string of the molecule is OC(CNc1c(F)cccc1F)COc1cccc(Br)c1. The number of nitrogens with one attached hydrogen (secondary N) is 1. The lowest BCUT2D eigenvalue weighted by Crippen LogP contribution is -2.27. The van der Waals surface area contributed by atoms with Crippen molar-refractivity contribution < 1.29 is 18.6 Å². The van der Waals surface area contributed by atoms with Crippen LogP contribution in [0.1, 0.15) is 0 Å². The number of rotatable bonds is 6. The van der Waals surface area contributed by atoms with Crippen LogP contribution in [0.15, 0.2) is 46.9 Å². The second-order valence-electron chi connectivity index (χ2n) is 4.40. The zero-order valence-electron chi connectivity index (χ0n) is 11.0. The first kappa shape index (κ1) is 15.7. The van der Waals surface area contributed by atoms with Crippen LogP contribution in [0.2, 0.25) is 0 Å². The summed E-state index contributed by atoms with van der Waals surface area (Å²) in [5.41, 5.74) is -0.251. The van der Waals surface area contributed by atoms with Gasteiger partial charge in [0.25, 0.3) is 0 Å². The van der Waals surface area contributed by atoms with Crippen molar-refractivity contribution >= 4 is 21.6 Å². The summed E-state index contributed by atoms with van der Waals surface area (Å²) >= 11 is 3.31. The highest BCUT2D eigenvalue weighted by molar-refractivity contribution is 9.10. The lowest BCUT2D eigenvalue weighted by Gasteiger charge is -2.15. The number of anilines is 1. The van der Waals surface area contributed by atoms with Crippen molar-refractivity contribution in [3.63, 3.8) is 0 Å². The van der Waals surface area contributed by atoms with Crippen LogP contribution in [0.5, 0.6) is 5.75 Å². The molecule has 0 aromatic heterocycles. The minimum absolute atomic E-state index is 0.0134. The Bertz CT molecular complexity index is 590. The van der Waals surface area contributed by atoms with E-state index in [1.807, 2.05) is 6.07 Å². The fourth-order valence-electron chi connectivity index (χ4n) is 1.69. The summed E-state index contributed by atoms with van der Waals surface area (Å²) in [7, 11) is 0. The van der Waals surface area contributed by atoms with Crippen molar-refractivity contribution in [3.8, 4) is 5.75 Å². The summed E-state index contributed by atoms with van der Waals surface area (Å²) in [5.74, 6) is -0.800. The van der Waals surface area contributed by atoms with Crippen LogP contribution < -0.4 is 10.1 Å². The lowest BCUT2D eigenvalue weighted by atomic mass is 10.2. The molecule has 0 aliphatic carbocycles. The maximum Gasteiger partial charge on any atom is 0.149 e. The van der Waals surface area contributed by atoms with Crippen LogP contribution in [0.4, 0.5) is 14.5 Å². The predicted octanol–water partition coefficient (Wildman–Crippen LogP) is 3.58. The smallest absolute Gasteiger partial charge is 0.149 e. The van der Waals surface area contributed by atoms with Gasteiger partial charge in [-0.3, -0.25) is 0 Å². The van der Waals surface area contributed by atoms with E-state index in [0.29, 0.717) is 5.75 Å². The first-order chi connectivity index (χ1) is 10.1. The third-order valence-corrected chi connectivity index (χ3v) is 3.21. The first-order valence-corrected chi connectivity index (χ1v) is 7.10. The van der Waals surface area contributed by atoms with Crippen LogP contribution in [-0.4, -0.2) is 24.4 Å². The number of hydrogen-bond donors (Lipinski definition) is 2. The monoisotopic (exact) mass is 357 g/mol. The zero-order valence-corrected chi connectivity index (χ0v) is 12.6. The van der Waals surface area contributed by atoms with Crippen LogP contribution in [0, 0.1) is 11.6 Å². The number of benzene rings is 2. The van der Waals surface area contributed by atoms with Crippen LogP contribution >= 0.6 is 15.9 Å². The maximum atomic E-state index is 13.4. The van der Waals surface area contributed by atoms with Gasteiger partial charge in [-0.1, -0.05) is 28.1 Å². The zero-order chi connectivity index (χ0) is 15.2. The standard InChI is InChI=1S/C15H14BrF2NO2/c16-10-3-1-4-12(7-10)21-9-11(20)8-19-15-13(17)5-2-6-14(15)18/h1-7,11,19-20H,8-9H2. The van der Waals surface area contributed by atoms with Gasteiger partial charge in [-0.05, 0) is 30.3 Å². The predicted molar refractivity (Wildman–Crippen MR) is 80.5 cm³/mol. The Balaban J connectivity index is 1.84. The number of hydrogen-bond acceptors (Lipinski definition) is 3. The summed E-state index contributed by atoms with van der Waals surface area (Å²) in [4.78, 5) is 0. The van der Waals surface area contributed by atoms with Gasteiger partial charge in [0.2, 0.25) is 0 Å². The quantitative estimate of drug-likeness (QED) is 0.830. The van der Waals surface area contributed by atoms with Crippen LogP contribution in [0.3, 0.4) is 0 Å². The minimum Gasteiger partial charge on any atom is -0.491 e. The normalized spacial score (nSPS) is 12.0. The van der Waals surface area contributed by atoms with Gasteiger partial charge in [0.1, 0.15) is 35.8 Å². The molecular weight excluding hydrogens is 344 g/mol. The Morgan fingerprint density at radius 1 is 1.14 bits per heavy atom. The van der Waals surface area contributed by atoms with Crippen molar-refractivity contribution in [1.29, 1.82) is 0 Å². The fraction of sp³-hybridized carbons (Fsp3) is 0.200. The summed E-state index contributed by atoms with van der Waals surface area (Å²) in [6, 6.07) is 10.7. The Morgan fingerprint density at radius 2 is 1.81 bits per heavy atom. The van der Waals surface area contributed by atoms with E-state index in [1.54, 1.807) is 18.2 Å². The van der Waals surface area contributed by atoms with Crippen molar-refractivity contribution in [1.82, 2.24) is 0 Å². The van der Waals surface area contributed by atoms with E-state index in [2.05, 4.69) is 21.2 Å². The summed E-state index contributed by atoms with van der Waals surface area (Å²) in [5, 5.41) is 12.3. The van der Waals surface area contributed by atoms with Gasteiger partial charge in [0.05, 0.1) is 0 Å². The Hall–Kier alpha value is -1.66. The molecule has 2 N–H and O–H groups in total. The molecule has 3 nitrogen and oxygen atoms in total. The number of para-hydroxylation sites is 1. The van der Waals surface area contributed by atoms with E-state index in [-0.39, 0.29) is 18.8 Å². The Kier molecular flexibility index (Phi) is 5.52. The van der Waals surface area contributed by atoms with E-state index in [4.69, 9.17) is 4.74 Å². The fourth-order valence-corrected chi connectivity index (χ4v) is 2.07. The second kappa shape index (κ2) is 7.38. The molecule has 1 unspecified atom stereocenters. The van der Waals surface area contributed by atoms with Gasteiger partial charge in [-0.15, -0.1) is 0 Å². The number of halogens is 3. The van der Waals surface area contributed by atoms with Crippen molar-refractivity contribution in [2.45, 2.75) is 6.10 Å². The Labute approximate surface area is 129 Å². The van der Waals surface area contributed by atoms with Gasteiger partial charge >= 0.3 is 0 Å². The number of aliphatic hydroxyl groups is 1. The molecule has 2 aromatic rings. The summed E-state index contributed by atoms with van der Waals surface area (Å²) in [6.07, 6.45) is -0.900. The molecule has 2 rings (SSSR count). The number of aliphatic hydroxyl groups excluding tert-OH is 1. The molecule has 6 heteroatoms. The molecule has 0 saturated carbocycles. The van der Waals surface area contributed by atoms with Gasteiger partial charge < -0.3 is 15.2 Å². The van der Waals surface area contributed by atoms with Gasteiger partial charge in [0.15, 0.2) is 0 Å². The van der Waals surface area contributed by atoms with E-state index in [0.717, 1.165) is 16.6 Å². The molecule has 21 heavy (non-hydrogen) atoms. The molecule has 0 amide bonds. The molecule has 0 heterocycles. The molecule has 0 fully saturated rings. The lowest BCUT2D eigenvalue weighted by molar-refractivity contribution is 0.117. The molecule has 112 valence electrons. The van der Waals surface area contributed by atoms with E-state index >= 15 is 0 Å². The molecule has 0 saturated heterocycles. The Morgan fingerprint density at radius 3 is 2.48 bits per heavy atom. The molecule has 0 spiro atoms. The average molecular weight is 358 g/mol. The largest absolute Gasteiger partial charge is 0.491 e. The second-order valence-corrected chi connectivity index (χ2v) is 5.32. The molecule has 2 aromatic carbocycles. The molecule has 1 atom stereocenters. The molecule has 0 radical (unpaired) electrons. The van der Waals surface area contributed by atoms with E-state index in [1.165, 1.54) is 6.07 Å². The maximum absolute atomic E-state index is 13.4. The first-order valence-electron chi connectivity index (χ1n) is 6.30.